The van der Waals surface area contributed by atoms with Gasteiger partial charge in [0, 0.05) is 12.1 Å². The molecule has 3 heteroatoms. The molecule has 18 heavy (non-hydrogen) atoms. The van der Waals surface area contributed by atoms with E-state index >= 15 is 0 Å². The highest BCUT2D eigenvalue weighted by Gasteiger charge is 2.06. The molecule has 3 nitrogen and oxygen atoms in total. The molecule has 0 aliphatic rings. The molecule has 0 unspecified atom stereocenters. The monoisotopic (exact) mass is 237 g/mol. The van der Waals surface area contributed by atoms with Crippen LogP contribution >= 0.6 is 0 Å². The van der Waals surface area contributed by atoms with Crippen LogP contribution in [-0.2, 0) is 0 Å². The Balaban J connectivity index is 2.43. The summed E-state index contributed by atoms with van der Waals surface area (Å²) in [5, 5.41) is 12.1. The quantitative estimate of drug-likeness (QED) is 0.890. The van der Waals surface area contributed by atoms with Gasteiger partial charge in [-0.05, 0) is 26.0 Å². The molecule has 0 bridgehead atoms. The van der Waals surface area contributed by atoms with Gasteiger partial charge in [-0.15, -0.1) is 0 Å². The number of benzene rings is 1. The minimum Gasteiger partial charge on any atom is -0.369 e. The van der Waals surface area contributed by atoms with Crippen molar-refractivity contribution in [2.45, 2.75) is 13.8 Å². The molecule has 90 valence electrons. The third kappa shape index (κ3) is 2.49. The Morgan fingerprint density at radius 1 is 1.17 bits per heavy atom. The second-order valence-corrected chi connectivity index (χ2v) is 4.10. The number of nitriles is 1. The minimum absolute atomic E-state index is 0.577. The van der Waals surface area contributed by atoms with E-state index in [4.69, 9.17) is 5.26 Å². The lowest BCUT2D eigenvalue weighted by atomic mass is 10.1. The molecule has 1 aromatic carbocycles. The molecule has 0 spiro atoms. The Labute approximate surface area is 107 Å². The number of aryl methyl sites for hydroxylation is 1. The van der Waals surface area contributed by atoms with Gasteiger partial charge in [-0.3, -0.25) is 0 Å². The van der Waals surface area contributed by atoms with Crippen LogP contribution in [-0.4, -0.2) is 11.5 Å². The molecule has 0 saturated heterocycles. The Morgan fingerprint density at radius 3 is 2.50 bits per heavy atom. The number of hydrogen-bond donors (Lipinski definition) is 1. The largest absolute Gasteiger partial charge is 0.369 e. The fraction of sp³-hybridized carbons (Fsp3) is 0.200. The van der Waals surface area contributed by atoms with Crippen molar-refractivity contribution in [3.05, 3.63) is 47.5 Å². The zero-order valence-electron chi connectivity index (χ0n) is 10.6. The van der Waals surface area contributed by atoms with E-state index < -0.39 is 0 Å². The Morgan fingerprint density at radius 2 is 1.89 bits per heavy atom. The molecule has 1 aromatic heterocycles. The van der Waals surface area contributed by atoms with E-state index in [1.54, 1.807) is 6.07 Å². The molecular formula is C15H15N3. The summed E-state index contributed by atoms with van der Waals surface area (Å²) in [5.74, 6) is 0.651. The van der Waals surface area contributed by atoms with Crippen LogP contribution in [0.5, 0.6) is 0 Å². The number of aromatic nitrogens is 1. The predicted octanol–water partition coefficient (Wildman–Crippen LogP) is 3.36. The Hall–Kier alpha value is -2.34. The highest BCUT2D eigenvalue weighted by Crippen LogP contribution is 2.21. The highest BCUT2D eigenvalue weighted by molar-refractivity contribution is 5.65. The smallest absolute Gasteiger partial charge is 0.144 e. The zero-order valence-corrected chi connectivity index (χ0v) is 10.6. The summed E-state index contributed by atoms with van der Waals surface area (Å²) in [6, 6.07) is 14.0. The lowest BCUT2D eigenvalue weighted by Crippen LogP contribution is -2.02. The van der Waals surface area contributed by atoms with Gasteiger partial charge < -0.3 is 5.32 Å². The summed E-state index contributed by atoms with van der Waals surface area (Å²) >= 11 is 0. The molecule has 0 saturated carbocycles. The molecular weight excluding hydrogens is 222 g/mol. The SMILES string of the molecule is CCNc1nc(-c2ccc(C)cc2)ccc1C#N. The zero-order chi connectivity index (χ0) is 13.0. The molecule has 0 amide bonds. The molecule has 0 aliphatic carbocycles. The van der Waals surface area contributed by atoms with Crippen molar-refractivity contribution in [2.24, 2.45) is 0 Å². The molecule has 0 aliphatic heterocycles. The van der Waals surface area contributed by atoms with Crippen LogP contribution in [0.25, 0.3) is 11.3 Å². The van der Waals surface area contributed by atoms with Crippen LogP contribution < -0.4 is 5.32 Å². The van der Waals surface area contributed by atoms with Crippen molar-refractivity contribution in [1.29, 1.82) is 5.26 Å². The van der Waals surface area contributed by atoms with Crippen molar-refractivity contribution >= 4 is 5.82 Å². The first kappa shape index (κ1) is 12.1. The normalized spacial score (nSPS) is 9.83. The third-order valence-corrected chi connectivity index (χ3v) is 2.71. The van der Waals surface area contributed by atoms with Crippen LogP contribution in [0.1, 0.15) is 18.1 Å². The molecule has 2 aromatic rings. The maximum Gasteiger partial charge on any atom is 0.144 e. The van der Waals surface area contributed by atoms with Gasteiger partial charge in [0.05, 0.1) is 11.3 Å². The molecule has 0 fully saturated rings. The minimum atomic E-state index is 0.577. The molecule has 0 radical (unpaired) electrons. The van der Waals surface area contributed by atoms with Gasteiger partial charge in [-0.1, -0.05) is 29.8 Å². The van der Waals surface area contributed by atoms with Gasteiger partial charge in [0.15, 0.2) is 0 Å². The van der Waals surface area contributed by atoms with Crippen LogP contribution in [0.2, 0.25) is 0 Å². The van der Waals surface area contributed by atoms with Crippen LogP contribution in [0.15, 0.2) is 36.4 Å². The van der Waals surface area contributed by atoms with Crippen LogP contribution in [0, 0.1) is 18.3 Å². The lowest BCUT2D eigenvalue weighted by Gasteiger charge is -2.07. The summed E-state index contributed by atoms with van der Waals surface area (Å²) < 4.78 is 0. The Kier molecular flexibility index (Phi) is 3.59. The first-order valence-corrected chi connectivity index (χ1v) is 5.96. The van der Waals surface area contributed by atoms with E-state index in [-0.39, 0.29) is 0 Å². The van der Waals surface area contributed by atoms with Crippen molar-refractivity contribution in [2.75, 3.05) is 11.9 Å². The maximum absolute atomic E-state index is 9.01. The van der Waals surface area contributed by atoms with E-state index in [0.717, 1.165) is 17.8 Å². The predicted molar refractivity (Wildman–Crippen MR) is 73.3 cm³/mol. The second kappa shape index (κ2) is 5.33. The number of nitrogens with zero attached hydrogens (tertiary/aromatic N) is 2. The van der Waals surface area contributed by atoms with Gasteiger partial charge in [-0.2, -0.15) is 5.26 Å². The maximum atomic E-state index is 9.01. The topological polar surface area (TPSA) is 48.7 Å². The van der Waals surface area contributed by atoms with E-state index in [0.29, 0.717) is 11.4 Å². The van der Waals surface area contributed by atoms with Gasteiger partial charge in [0.2, 0.25) is 0 Å². The van der Waals surface area contributed by atoms with E-state index in [9.17, 15) is 0 Å². The highest BCUT2D eigenvalue weighted by atomic mass is 15.0. The fourth-order valence-electron chi connectivity index (χ4n) is 1.74. The van der Waals surface area contributed by atoms with Crippen molar-refractivity contribution in [1.82, 2.24) is 4.98 Å². The fourth-order valence-corrected chi connectivity index (χ4v) is 1.74. The lowest BCUT2D eigenvalue weighted by molar-refractivity contribution is 1.15. The van der Waals surface area contributed by atoms with Gasteiger partial charge in [0.1, 0.15) is 11.9 Å². The molecule has 2 rings (SSSR count). The van der Waals surface area contributed by atoms with Crippen molar-refractivity contribution in [3.63, 3.8) is 0 Å². The van der Waals surface area contributed by atoms with E-state index in [1.807, 2.05) is 25.1 Å². The average Bonchev–Trinajstić information content (AvgIpc) is 2.40. The summed E-state index contributed by atoms with van der Waals surface area (Å²) in [6.45, 7) is 4.79. The summed E-state index contributed by atoms with van der Waals surface area (Å²) in [5.41, 5.74) is 3.74. The summed E-state index contributed by atoms with van der Waals surface area (Å²) in [6.07, 6.45) is 0. The average molecular weight is 237 g/mol. The summed E-state index contributed by atoms with van der Waals surface area (Å²) in [4.78, 5) is 4.50. The first-order chi connectivity index (χ1) is 8.74. The van der Waals surface area contributed by atoms with Crippen molar-refractivity contribution < 1.29 is 0 Å². The molecule has 1 heterocycles. The standard InChI is InChI=1S/C15H15N3/c1-3-17-15-13(10-16)8-9-14(18-15)12-6-4-11(2)5-7-12/h4-9H,3H2,1-2H3,(H,17,18). The number of pyridine rings is 1. The van der Waals surface area contributed by atoms with Gasteiger partial charge in [-0.25, -0.2) is 4.98 Å². The third-order valence-electron chi connectivity index (χ3n) is 2.71. The van der Waals surface area contributed by atoms with Gasteiger partial charge >= 0.3 is 0 Å². The van der Waals surface area contributed by atoms with Gasteiger partial charge in [0.25, 0.3) is 0 Å². The Bertz CT molecular complexity index is 580. The molecule has 1 N–H and O–H groups in total. The number of hydrogen-bond acceptors (Lipinski definition) is 3. The van der Waals surface area contributed by atoms with E-state index in [2.05, 4.69) is 35.4 Å². The second-order valence-electron chi connectivity index (χ2n) is 4.10. The van der Waals surface area contributed by atoms with Crippen molar-refractivity contribution in [3.8, 4) is 17.3 Å². The van der Waals surface area contributed by atoms with E-state index in [1.165, 1.54) is 5.56 Å². The van der Waals surface area contributed by atoms with Crippen LogP contribution in [0.3, 0.4) is 0 Å². The number of rotatable bonds is 3. The summed E-state index contributed by atoms with van der Waals surface area (Å²) in [7, 11) is 0. The molecule has 0 atom stereocenters. The number of nitrogens with one attached hydrogen (secondary N) is 1. The van der Waals surface area contributed by atoms with Crippen LogP contribution in [0.4, 0.5) is 5.82 Å². The first-order valence-electron chi connectivity index (χ1n) is 5.96. The number of anilines is 1.